The lowest BCUT2D eigenvalue weighted by Crippen LogP contribution is -2.27. The van der Waals surface area contributed by atoms with E-state index in [0.717, 1.165) is 21.2 Å². The Morgan fingerprint density at radius 1 is 1.48 bits per heavy atom. The maximum Gasteiger partial charge on any atom is 0.263 e. The van der Waals surface area contributed by atoms with Gasteiger partial charge in [-0.1, -0.05) is 24.3 Å². The van der Waals surface area contributed by atoms with Crippen LogP contribution in [0.25, 0.3) is 10.1 Å². The number of amides is 1. The number of carbonyl (C=O) groups is 1. The number of carbonyl (C=O) groups excluding carboxylic acids is 1. The molecule has 0 aliphatic rings. The molecular weight excluding hydrogens is 284 g/mol. The maximum absolute atomic E-state index is 12.2. The highest BCUT2D eigenvalue weighted by atomic mass is 32.1. The lowest BCUT2D eigenvalue weighted by molar-refractivity contribution is 0.0931. The van der Waals surface area contributed by atoms with Gasteiger partial charge < -0.3 is 15.8 Å². The highest BCUT2D eigenvalue weighted by Crippen LogP contribution is 2.33. The van der Waals surface area contributed by atoms with Crippen molar-refractivity contribution < 1.29 is 9.53 Å². The molecule has 0 fully saturated rings. The zero-order valence-corrected chi connectivity index (χ0v) is 13.2. The number of fused-ring (bicyclic) bond motifs is 1. The van der Waals surface area contributed by atoms with Crippen molar-refractivity contribution in [3.8, 4) is 0 Å². The number of thiophene rings is 1. The van der Waals surface area contributed by atoms with Crippen molar-refractivity contribution >= 4 is 33.0 Å². The average molecular weight is 304 g/mol. The summed E-state index contributed by atoms with van der Waals surface area (Å²) in [6.45, 7) is 9.11. The van der Waals surface area contributed by atoms with E-state index in [2.05, 4.69) is 11.9 Å². The molecule has 0 unspecified atom stereocenters. The number of aryl methyl sites for hydroxylation is 1. The van der Waals surface area contributed by atoms with E-state index >= 15 is 0 Å². The van der Waals surface area contributed by atoms with Gasteiger partial charge in [0.15, 0.2) is 0 Å². The fourth-order valence-electron chi connectivity index (χ4n) is 1.96. The van der Waals surface area contributed by atoms with Crippen LogP contribution in [0.2, 0.25) is 0 Å². The molecule has 3 N–H and O–H groups in total. The molecule has 1 aromatic heterocycles. The summed E-state index contributed by atoms with van der Waals surface area (Å²) in [5.41, 5.74) is 8.74. The van der Waals surface area contributed by atoms with Crippen molar-refractivity contribution in [2.24, 2.45) is 0 Å². The van der Waals surface area contributed by atoms with E-state index in [1.165, 1.54) is 11.3 Å². The molecule has 0 radical (unpaired) electrons. The van der Waals surface area contributed by atoms with Crippen LogP contribution in [-0.4, -0.2) is 25.7 Å². The molecule has 1 aromatic carbocycles. The van der Waals surface area contributed by atoms with Gasteiger partial charge in [-0.25, -0.2) is 0 Å². The predicted octanol–water partition coefficient (Wildman–Crippen LogP) is 3.11. The lowest BCUT2D eigenvalue weighted by Gasteiger charge is -2.05. The first-order valence-corrected chi connectivity index (χ1v) is 7.59. The minimum atomic E-state index is -0.148. The van der Waals surface area contributed by atoms with Crippen LogP contribution < -0.4 is 11.1 Å². The van der Waals surface area contributed by atoms with Gasteiger partial charge in [-0.2, -0.15) is 0 Å². The van der Waals surface area contributed by atoms with Crippen LogP contribution >= 0.6 is 11.3 Å². The van der Waals surface area contributed by atoms with E-state index in [1.54, 1.807) is 0 Å². The number of nitrogens with two attached hydrogens (primary N) is 1. The zero-order valence-electron chi connectivity index (χ0n) is 12.4. The fourth-order valence-corrected chi connectivity index (χ4v) is 3.09. The van der Waals surface area contributed by atoms with Gasteiger partial charge in [-0.15, -0.1) is 11.3 Å². The van der Waals surface area contributed by atoms with Crippen LogP contribution in [0.4, 0.5) is 5.69 Å². The summed E-state index contributed by atoms with van der Waals surface area (Å²) in [4.78, 5) is 12.7. The summed E-state index contributed by atoms with van der Waals surface area (Å²) < 4.78 is 6.38. The second-order valence-electron chi connectivity index (χ2n) is 5.11. The van der Waals surface area contributed by atoms with Crippen LogP contribution in [0.3, 0.4) is 0 Å². The normalized spacial score (nSPS) is 10.8. The minimum Gasteiger partial charge on any atom is -0.397 e. The van der Waals surface area contributed by atoms with Gasteiger partial charge in [0.2, 0.25) is 0 Å². The van der Waals surface area contributed by atoms with Gasteiger partial charge in [0, 0.05) is 16.6 Å². The quantitative estimate of drug-likeness (QED) is 0.636. The summed E-state index contributed by atoms with van der Waals surface area (Å²) in [7, 11) is 0. The SMILES string of the molecule is C=C(C)COCCNC(=O)c1sc2cc(C)ccc2c1N. The number of hydrogen-bond acceptors (Lipinski definition) is 4. The van der Waals surface area contributed by atoms with E-state index < -0.39 is 0 Å². The molecule has 1 heterocycles. The van der Waals surface area contributed by atoms with Gasteiger partial charge in [-0.3, -0.25) is 4.79 Å². The van der Waals surface area contributed by atoms with Gasteiger partial charge in [-0.05, 0) is 25.5 Å². The van der Waals surface area contributed by atoms with E-state index in [0.29, 0.717) is 30.3 Å². The van der Waals surface area contributed by atoms with Crippen LogP contribution in [-0.2, 0) is 4.74 Å². The smallest absolute Gasteiger partial charge is 0.263 e. The molecule has 0 saturated carbocycles. The van der Waals surface area contributed by atoms with E-state index in [-0.39, 0.29) is 5.91 Å². The minimum absolute atomic E-state index is 0.148. The summed E-state index contributed by atoms with van der Waals surface area (Å²) in [5.74, 6) is -0.148. The van der Waals surface area contributed by atoms with Crippen LogP contribution in [0.5, 0.6) is 0 Å². The molecule has 21 heavy (non-hydrogen) atoms. The van der Waals surface area contributed by atoms with Crippen molar-refractivity contribution in [2.45, 2.75) is 13.8 Å². The van der Waals surface area contributed by atoms with Crippen molar-refractivity contribution in [1.82, 2.24) is 5.32 Å². The Bertz CT molecular complexity index is 676. The number of rotatable bonds is 6. The largest absolute Gasteiger partial charge is 0.397 e. The lowest BCUT2D eigenvalue weighted by atomic mass is 10.1. The molecule has 112 valence electrons. The molecule has 5 heteroatoms. The average Bonchev–Trinajstić information content (AvgIpc) is 2.74. The molecular formula is C16H20N2O2S. The van der Waals surface area contributed by atoms with Crippen molar-refractivity contribution in [3.63, 3.8) is 0 Å². The second-order valence-corrected chi connectivity index (χ2v) is 6.16. The van der Waals surface area contributed by atoms with Crippen LogP contribution in [0.1, 0.15) is 22.2 Å². The molecule has 2 aromatic rings. The number of nitrogens with one attached hydrogen (secondary N) is 1. The topological polar surface area (TPSA) is 64.3 Å². The zero-order chi connectivity index (χ0) is 15.4. The molecule has 2 rings (SSSR count). The Hall–Kier alpha value is -1.85. The van der Waals surface area contributed by atoms with Crippen molar-refractivity contribution in [2.75, 3.05) is 25.5 Å². The number of nitrogen functional groups attached to an aromatic ring is 1. The van der Waals surface area contributed by atoms with E-state index in [1.807, 2.05) is 32.0 Å². The van der Waals surface area contributed by atoms with Crippen LogP contribution in [0.15, 0.2) is 30.4 Å². The Balaban J connectivity index is 1.99. The summed E-state index contributed by atoms with van der Waals surface area (Å²) >= 11 is 1.42. The first kappa shape index (κ1) is 15.5. The predicted molar refractivity (Wildman–Crippen MR) is 88.9 cm³/mol. The highest BCUT2D eigenvalue weighted by molar-refractivity contribution is 7.21. The standard InChI is InChI=1S/C16H20N2O2S/c1-10(2)9-20-7-6-18-16(19)15-14(17)12-5-4-11(3)8-13(12)21-15/h4-5,8H,1,6-7,9,17H2,2-3H3,(H,18,19). The van der Waals surface area contributed by atoms with Gasteiger partial charge >= 0.3 is 0 Å². The molecule has 0 saturated heterocycles. The molecule has 0 bridgehead atoms. The third kappa shape index (κ3) is 3.83. The summed E-state index contributed by atoms with van der Waals surface area (Å²) in [5, 5.41) is 3.77. The third-order valence-electron chi connectivity index (χ3n) is 2.97. The molecule has 1 amide bonds. The van der Waals surface area contributed by atoms with E-state index in [4.69, 9.17) is 10.5 Å². The summed E-state index contributed by atoms with van der Waals surface area (Å²) in [6.07, 6.45) is 0. The fraction of sp³-hybridized carbons (Fsp3) is 0.312. The summed E-state index contributed by atoms with van der Waals surface area (Å²) in [6, 6.07) is 6.00. The third-order valence-corrected chi connectivity index (χ3v) is 4.14. The van der Waals surface area contributed by atoms with Gasteiger partial charge in [0.1, 0.15) is 4.88 Å². The monoisotopic (exact) mass is 304 g/mol. The number of anilines is 1. The maximum atomic E-state index is 12.2. The molecule has 0 aliphatic heterocycles. The molecule has 4 nitrogen and oxygen atoms in total. The van der Waals surface area contributed by atoms with Crippen molar-refractivity contribution in [1.29, 1.82) is 0 Å². The number of ether oxygens (including phenoxy) is 1. The Morgan fingerprint density at radius 2 is 2.24 bits per heavy atom. The second kappa shape index (κ2) is 6.74. The van der Waals surface area contributed by atoms with Gasteiger partial charge in [0.05, 0.1) is 18.9 Å². The molecule has 0 atom stereocenters. The first-order chi connectivity index (χ1) is 9.99. The highest BCUT2D eigenvalue weighted by Gasteiger charge is 2.15. The van der Waals surface area contributed by atoms with Crippen molar-refractivity contribution in [3.05, 3.63) is 40.8 Å². The number of benzene rings is 1. The Kier molecular flexibility index (Phi) is 4.98. The number of hydrogen-bond donors (Lipinski definition) is 2. The molecule has 0 aliphatic carbocycles. The van der Waals surface area contributed by atoms with Crippen LogP contribution in [0, 0.1) is 6.92 Å². The van der Waals surface area contributed by atoms with E-state index in [9.17, 15) is 4.79 Å². The Morgan fingerprint density at radius 3 is 2.95 bits per heavy atom. The van der Waals surface area contributed by atoms with Gasteiger partial charge in [0.25, 0.3) is 5.91 Å². The first-order valence-electron chi connectivity index (χ1n) is 6.78. The molecule has 0 spiro atoms. The Labute approximate surface area is 128 Å².